The summed E-state index contributed by atoms with van der Waals surface area (Å²) in [5, 5.41) is 10.6. The average molecular weight is 1410 g/mol. The lowest BCUT2D eigenvalue weighted by atomic mass is 10.0. The standard InChI is InChI=1S/C77H150O17P2/c1-8-9-10-11-12-37-44-51-58-74(79)87-64-72(93-77(82)61-54-47-40-33-27-21-19-24-30-36-43-50-57-70(6)7)66-91-95(83,84)89-62-71(78)63-90-96(85,86)92-67-73(65-88-75(80)59-52-45-38-31-25-20-18-23-29-35-42-49-56-69(4)5)94-76(81)60-53-46-39-32-26-17-15-13-14-16-22-28-34-41-48-55-68(2)3/h68-73,78H,8-67H2,1-7H3,(H,83,84)(H,85,86)/t71-,72+,73+/m0/s1. The predicted molar refractivity (Wildman–Crippen MR) is 391 cm³/mol. The quantitative estimate of drug-likeness (QED) is 0.0222. The second-order valence-corrected chi connectivity index (χ2v) is 32.1. The minimum atomic E-state index is -4.96. The first-order chi connectivity index (χ1) is 46.2. The van der Waals surface area contributed by atoms with E-state index in [0.29, 0.717) is 25.7 Å². The van der Waals surface area contributed by atoms with E-state index in [1.165, 1.54) is 199 Å². The van der Waals surface area contributed by atoms with E-state index in [0.717, 1.165) is 114 Å². The molecule has 0 rings (SSSR count). The third kappa shape index (κ3) is 70.5. The first-order valence-corrected chi connectivity index (χ1v) is 42.8. The van der Waals surface area contributed by atoms with Crippen molar-refractivity contribution in [1.82, 2.24) is 0 Å². The van der Waals surface area contributed by atoms with Crippen molar-refractivity contribution in [2.45, 2.75) is 414 Å². The summed E-state index contributed by atoms with van der Waals surface area (Å²) in [6, 6.07) is 0. The van der Waals surface area contributed by atoms with E-state index in [1.807, 2.05) is 0 Å². The van der Waals surface area contributed by atoms with Crippen LogP contribution >= 0.6 is 15.6 Å². The largest absolute Gasteiger partial charge is 0.472 e. The first kappa shape index (κ1) is 94.1. The zero-order valence-electron chi connectivity index (χ0n) is 62.8. The van der Waals surface area contributed by atoms with Crippen LogP contribution in [0.5, 0.6) is 0 Å². The fraction of sp³-hybridized carbons (Fsp3) is 0.948. The van der Waals surface area contributed by atoms with Gasteiger partial charge in [-0.15, -0.1) is 0 Å². The number of carbonyl (C=O) groups is 4. The molecule has 0 radical (unpaired) electrons. The summed E-state index contributed by atoms with van der Waals surface area (Å²) in [4.78, 5) is 72.8. The van der Waals surface area contributed by atoms with Crippen molar-refractivity contribution in [2.24, 2.45) is 17.8 Å². The molecule has 0 aromatic carbocycles. The highest BCUT2D eigenvalue weighted by Crippen LogP contribution is 2.45. The summed E-state index contributed by atoms with van der Waals surface area (Å²) < 4.78 is 68.5. The molecule has 17 nitrogen and oxygen atoms in total. The van der Waals surface area contributed by atoms with Crippen LogP contribution in [0.25, 0.3) is 0 Å². The molecule has 0 saturated heterocycles. The highest BCUT2D eigenvalue weighted by Gasteiger charge is 2.30. The van der Waals surface area contributed by atoms with Crippen LogP contribution in [0.2, 0.25) is 0 Å². The molecule has 0 saturated carbocycles. The Bertz CT molecular complexity index is 1870. The molecule has 2 unspecified atom stereocenters. The van der Waals surface area contributed by atoms with Crippen molar-refractivity contribution in [2.75, 3.05) is 39.6 Å². The topological polar surface area (TPSA) is 237 Å². The lowest BCUT2D eigenvalue weighted by Gasteiger charge is -2.21. The molecule has 0 spiro atoms. The van der Waals surface area contributed by atoms with Crippen LogP contribution < -0.4 is 0 Å². The molecule has 0 amide bonds. The van der Waals surface area contributed by atoms with Crippen LogP contribution in [-0.4, -0.2) is 96.7 Å². The van der Waals surface area contributed by atoms with Gasteiger partial charge in [0.25, 0.3) is 0 Å². The maximum atomic E-state index is 13.1. The number of unbranched alkanes of at least 4 members (excludes halogenated alkanes) is 43. The van der Waals surface area contributed by atoms with E-state index in [2.05, 4.69) is 48.5 Å². The molecular formula is C77H150O17P2. The Hall–Kier alpha value is -1.94. The molecule has 0 aromatic rings. The summed E-state index contributed by atoms with van der Waals surface area (Å²) >= 11 is 0. The number of phosphoric acid groups is 2. The van der Waals surface area contributed by atoms with Crippen molar-refractivity contribution >= 4 is 39.5 Å². The van der Waals surface area contributed by atoms with Gasteiger partial charge in [0.1, 0.15) is 19.3 Å². The average Bonchev–Trinajstić information content (AvgIpc) is 1.93. The van der Waals surface area contributed by atoms with E-state index in [4.69, 9.17) is 37.0 Å². The SMILES string of the molecule is CCCCCCCCCCC(=O)OC[C@H](COP(=O)(O)OC[C@H](O)COP(=O)(O)OC[C@@H](COC(=O)CCCCCCCCCCCCCCC(C)C)OC(=O)CCCCCCCCCCCCCCCCCC(C)C)OC(=O)CCCCCCCCCCCCCCC(C)C. The fourth-order valence-electron chi connectivity index (χ4n) is 11.8. The second kappa shape index (κ2) is 67.5. The lowest BCUT2D eigenvalue weighted by molar-refractivity contribution is -0.161. The Balaban J connectivity index is 5.22. The molecule has 5 atom stereocenters. The third-order valence-electron chi connectivity index (χ3n) is 17.9. The van der Waals surface area contributed by atoms with E-state index in [9.17, 15) is 43.2 Å². The number of aliphatic hydroxyl groups excluding tert-OH is 1. The van der Waals surface area contributed by atoms with E-state index in [-0.39, 0.29) is 25.7 Å². The van der Waals surface area contributed by atoms with Gasteiger partial charge in [-0.05, 0) is 43.4 Å². The van der Waals surface area contributed by atoms with Gasteiger partial charge in [0.2, 0.25) is 0 Å². The van der Waals surface area contributed by atoms with Crippen molar-refractivity contribution in [3.63, 3.8) is 0 Å². The molecule has 96 heavy (non-hydrogen) atoms. The normalized spacial score (nSPS) is 14.1. The Morgan fingerprint density at radius 1 is 0.281 bits per heavy atom. The Labute approximate surface area is 588 Å². The van der Waals surface area contributed by atoms with Crippen molar-refractivity contribution in [1.29, 1.82) is 0 Å². The van der Waals surface area contributed by atoms with Gasteiger partial charge in [-0.1, -0.05) is 344 Å². The molecule has 3 N–H and O–H groups in total. The predicted octanol–water partition coefficient (Wildman–Crippen LogP) is 22.6. The molecule has 0 aliphatic carbocycles. The fourth-order valence-corrected chi connectivity index (χ4v) is 13.4. The maximum Gasteiger partial charge on any atom is 0.472 e. The van der Waals surface area contributed by atoms with E-state index >= 15 is 0 Å². The molecule has 0 bridgehead atoms. The molecule has 0 aliphatic rings. The number of hydrogen-bond donors (Lipinski definition) is 3. The van der Waals surface area contributed by atoms with Crippen LogP contribution in [0, 0.1) is 17.8 Å². The molecule has 0 aliphatic heterocycles. The molecular weight excluding hydrogens is 1260 g/mol. The van der Waals surface area contributed by atoms with Crippen molar-refractivity contribution < 1.29 is 80.2 Å². The van der Waals surface area contributed by atoms with E-state index < -0.39 is 97.5 Å². The number of carbonyl (C=O) groups excluding carboxylic acids is 4. The monoisotopic (exact) mass is 1410 g/mol. The van der Waals surface area contributed by atoms with Crippen LogP contribution in [0.3, 0.4) is 0 Å². The number of rotatable bonds is 75. The summed E-state index contributed by atoms with van der Waals surface area (Å²) in [5.41, 5.74) is 0. The Morgan fingerprint density at radius 2 is 0.479 bits per heavy atom. The van der Waals surface area contributed by atoms with E-state index in [1.54, 1.807) is 0 Å². The summed E-state index contributed by atoms with van der Waals surface area (Å²) in [6.07, 6.45) is 54.1. The van der Waals surface area contributed by atoms with Gasteiger partial charge in [0.05, 0.1) is 26.4 Å². The molecule has 0 aromatic heterocycles. The molecule has 0 fully saturated rings. The van der Waals surface area contributed by atoms with Crippen LogP contribution in [-0.2, 0) is 65.4 Å². The lowest BCUT2D eigenvalue weighted by Crippen LogP contribution is -2.30. The van der Waals surface area contributed by atoms with Gasteiger partial charge in [0.15, 0.2) is 12.2 Å². The van der Waals surface area contributed by atoms with Gasteiger partial charge in [-0.25, -0.2) is 9.13 Å². The number of esters is 4. The highest BCUT2D eigenvalue weighted by molar-refractivity contribution is 7.47. The Morgan fingerprint density at radius 3 is 0.708 bits per heavy atom. The van der Waals surface area contributed by atoms with Gasteiger partial charge in [-0.3, -0.25) is 37.3 Å². The second-order valence-electron chi connectivity index (χ2n) is 29.2. The summed E-state index contributed by atoms with van der Waals surface area (Å²) in [7, 11) is -9.91. The zero-order valence-corrected chi connectivity index (χ0v) is 64.6. The smallest absolute Gasteiger partial charge is 0.462 e. The van der Waals surface area contributed by atoms with Gasteiger partial charge in [-0.2, -0.15) is 0 Å². The van der Waals surface area contributed by atoms with Crippen molar-refractivity contribution in [3.8, 4) is 0 Å². The molecule has 570 valence electrons. The zero-order chi connectivity index (χ0) is 70.9. The van der Waals surface area contributed by atoms with Crippen LogP contribution in [0.15, 0.2) is 0 Å². The first-order valence-electron chi connectivity index (χ1n) is 39.8. The Kier molecular flexibility index (Phi) is 66.2. The number of aliphatic hydroxyl groups is 1. The molecule has 0 heterocycles. The molecule has 19 heteroatoms. The highest BCUT2D eigenvalue weighted by atomic mass is 31.2. The number of hydrogen-bond acceptors (Lipinski definition) is 15. The van der Waals surface area contributed by atoms with Gasteiger partial charge < -0.3 is 33.8 Å². The maximum absolute atomic E-state index is 13.1. The minimum Gasteiger partial charge on any atom is -0.462 e. The summed E-state index contributed by atoms with van der Waals surface area (Å²) in [5.74, 6) is 0.244. The van der Waals surface area contributed by atoms with Crippen LogP contribution in [0.1, 0.15) is 395 Å². The number of ether oxygens (including phenoxy) is 4. The van der Waals surface area contributed by atoms with Gasteiger partial charge in [0, 0.05) is 25.7 Å². The third-order valence-corrected chi connectivity index (χ3v) is 19.8. The minimum absolute atomic E-state index is 0.107. The van der Waals surface area contributed by atoms with Crippen molar-refractivity contribution in [3.05, 3.63) is 0 Å². The van der Waals surface area contributed by atoms with Crippen LogP contribution in [0.4, 0.5) is 0 Å². The summed E-state index contributed by atoms with van der Waals surface area (Å²) in [6.45, 7) is 11.9. The number of phosphoric ester groups is 2. The van der Waals surface area contributed by atoms with Gasteiger partial charge >= 0.3 is 39.5 Å².